The number of amides is 1. The van der Waals surface area contributed by atoms with Crippen molar-refractivity contribution < 1.29 is 18.3 Å². The van der Waals surface area contributed by atoms with E-state index in [9.17, 15) is 14.0 Å². The van der Waals surface area contributed by atoms with Gasteiger partial charge in [-0.15, -0.1) is 5.10 Å². The Kier molecular flexibility index (Phi) is 6.03. The zero-order chi connectivity index (χ0) is 25.2. The van der Waals surface area contributed by atoms with Crippen LogP contribution in [0.3, 0.4) is 0 Å². The van der Waals surface area contributed by atoms with Gasteiger partial charge in [-0.2, -0.15) is 4.68 Å². The van der Waals surface area contributed by atoms with Crippen LogP contribution >= 0.6 is 0 Å². The molecule has 0 aliphatic heterocycles. The van der Waals surface area contributed by atoms with Gasteiger partial charge in [-0.3, -0.25) is 4.79 Å². The predicted octanol–water partition coefficient (Wildman–Crippen LogP) is 5.16. The number of fused-ring (bicyclic) bond motifs is 1. The monoisotopic (exact) mass is 486 g/mol. The summed E-state index contributed by atoms with van der Waals surface area (Å²) in [5.74, 6) is -2.29. The smallest absolute Gasteiger partial charge is 0.355 e. The van der Waals surface area contributed by atoms with Crippen molar-refractivity contribution >= 4 is 17.2 Å². The minimum absolute atomic E-state index is 0.000508. The minimum Gasteiger partial charge on any atom is -0.485 e. The molecule has 7 nitrogen and oxygen atoms in total. The summed E-state index contributed by atoms with van der Waals surface area (Å²) in [7, 11) is 0. The lowest BCUT2D eigenvalue weighted by atomic mass is 10.1. The van der Waals surface area contributed by atoms with Crippen LogP contribution in [0.5, 0.6) is 5.75 Å². The normalized spacial score (nSPS) is 11.9. The Balaban J connectivity index is 1.61. The lowest BCUT2D eigenvalue weighted by molar-refractivity contribution is 0.101. The highest BCUT2D eigenvalue weighted by Gasteiger charge is 2.23. The Labute approximate surface area is 204 Å². The summed E-state index contributed by atoms with van der Waals surface area (Å²) in [4.78, 5) is 26.0. The summed E-state index contributed by atoms with van der Waals surface area (Å²) in [6, 6.07) is 22.0. The van der Waals surface area contributed by atoms with Gasteiger partial charge in [0.15, 0.2) is 5.65 Å². The number of hydrogen-bond acceptors (Lipinski definition) is 4. The number of halogens is 2. The van der Waals surface area contributed by atoms with E-state index in [2.05, 4.69) is 10.4 Å². The molecule has 1 amide bonds. The number of rotatable bonds is 6. The fourth-order valence-electron chi connectivity index (χ4n) is 3.80. The molecule has 0 spiro atoms. The highest BCUT2D eigenvalue weighted by molar-refractivity contribution is 6.06. The Morgan fingerprint density at radius 2 is 1.67 bits per heavy atom. The van der Waals surface area contributed by atoms with Crippen molar-refractivity contribution in [1.82, 2.24) is 14.2 Å². The molecule has 0 unspecified atom stereocenters. The van der Waals surface area contributed by atoms with Crippen LogP contribution < -0.4 is 15.7 Å². The number of anilines is 1. The van der Waals surface area contributed by atoms with Gasteiger partial charge >= 0.3 is 5.69 Å². The van der Waals surface area contributed by atoms with E-state index in [1.807, 2.05) is 30.3 Å². The molecule has 5 aromatic rings. The zero-order valence-electron chi connectivity index (χ0n) is 19.1. The topological polar surface area (TPSA) is 77.6 Å². The molecule has 0 aliphatic carbocycles. The van der Waals surface area contributed by atoms with Crippen LogP contribution in [-0.2, 0) is 0 Å². The van der Waals surface area contributed by atoms with E-state index >= 15 is 4.39 Å². The number of hydrogen-bond donors (Lipinski definition) is 1. The zero-order valence-corrected chi connectivity index (χ0v) is 19.1. The van der Waals surface area contributed by atoms with E-state index in [0.717, 1.165) is 16.3 Å². The number of carbonyl (C=O) groups excluding carboxylic acids is 1. The second-order valence-electron chi connectivity index (χ2n) is 8.03. The largest absolute Gasteiger partial charge is 0.485 e. The highest BCUT2D eigenvalue weighted by atomic mass is 19.1. The molecule has 180 valence electrons. The highest BCUT2D eigenvalue weighted by Crippen LogP contribution is 2.30. The predicted molar refractivity (Wildman–Crippen MR) is 131 cm³/mol. The van der Waals surface area contributed by atoms with Crippen molar-refractivity contribution in [1.29, 1.82) is 0 Å². The average molecular weight is 486 g/mol. The number of benzene rings is 3. The molecule has 3 aromatic carbocycles. The van der Waals surface area contributed by atoms with E-state index in [0.29, 0.717) is 5.65 Å². The first-order valence-electron chi connectivity index (χ1n) is 11.1. The van der Waals surface area contributed by atoms with Gasteiger partial charge in [0.05, 0.1) is 11.3 Å². The van der Waals surface area contributed by atoms with Crippen LogP contribution in [-0.4, -0.2) is 20.1 Å². The Morgan fingerprint density at radius 3 is 2.42 bits per heavy atom. The molecule has 9 heteroatoms. The summed E-state index contributed by atoms with van der Waals surface area (Å²) >= 11 is 0. The first-order valence-corrected chi connectivity index (χ1v) is 11.1. The maximum absolute atomic E-state index is 15.3. The second kappa shape index (κ2) is 9.46. The first-order chi connectivity index (χ1) is 17.4. The van der Waals surface area contributed by atoms with E-state index in [1.54, 1.807) is 31.2 Å². The Bertz CT molecular complexity index is 1630. The number of para-hydroxylation sites is 1. The molecule has 0 saturated heterocycles. The van der Waals surface area contributed by atoms with Gasteiger partial charge < -0.3 is 10.1 Å². The Morgan fingerprint density at radius 1 is 0.944 bits per heavy atom. The summed E-state index contributed by atoms with van der Waals surface area (Å²) in [6.45, 7) is 1.77. The lowest BCUT2D eigenvalue weighted by Gasteiger charge is -2.19. The van der Waals surface area contributed by atoms with Crippen LogP contribution in [0.15, 0.2) is 95.9 Å². The minimum atomic E-state index is -0.876. The van der Waals surface area contributed by atoms with Crippen LogP contribution in [0.1, 0.15) is 28.9 Å². The molecule has 1 N–H and O–H groups in total. The first kappa shape index (κ1) is 23.0. The summed E-state index contributed by atoms with van der Waals surface area (Å²) < 4.78 is 37.7. The summed E-state index contributed by atoms with van der Waals surface area (Å²) in [5.41, 5.74) is 0.123. The molecular formula is C27H20F2N4O3. The van der Waals surface area contributed by atoms with Gasteiger partial charge in [-0.05, 0) is 42.8 Å². The van der Waals surface area contributed by atoms with E-state index < -0.39 is 29.3 Å². The van der Waals surface area contributed by atoms with Crippen LogP contribution in [0.4, 0.5) is 14.5 Å². The maximum Gasteiger partial charge on any atom is 0.355 e. The molecule has 36 heavy (non-hydrogen) atoms. The van der Waals surface area contributed by atoms with Crippen molar-refractivity contribution in [2.24, 2.45) is 0 Å². The summed E-state index contributed by atoms with van der Waals surface area (Å²) in [5, 5.41) is 6.65. The van der Waals surface area contributed by atoms with Gasteiger partial charge in [-0.25, -0.2) is 18.0 Å². The van der Waals surface area contributed by atoms with Crippen molar-refractivity contribution in [2.45, 2.75) is 13.0 Å². The number of pyridine rings is 1. The third kappa shape index (κ3) is 4.34. The molecule has 0 radical (unpaired) electrons. The quantitative estimate of drug-likeness (QED) is 0.360. The maximum atomic E-state index is 15.3. The number of aromatic nitrogens is 3. The molecule has 0 fully saturated rings. The van der Waals surface area contributed by atoms with E-state index in [4.69, 9.17) is 4.74 Å². The van der Waals surface area contributed by atoms with E-state index in [-0.39, 0.29) is 22.7 Å². The van der Waals surface area contributed by atoms with Crippen molar-refractivity contribution in [3.05, 3.63) is 124 Å². The van der Waals surface area contributed by atoms with Gasteiger partial charge in [0.2, 0.25) is 0 Å². The van der Waals surface area contributed by atoms with Gasteiger partial charge in [0.1, 0.15) is 29.2 Å². The molecule has 2 heterocycles. The molecule has 0 bridgehead atoms. The average Bonchev–Trinajstić information content (AvgIpc) is 3.23. The fourth-order valence-corrected chi connectivity index (χ4v) is 3.80. The fraction of sp³-hybridized carbons (Fsp3) is 0.0741. The SMILES string of the molecule is C[C@H](Oc1cc(-n2nc3ccccn3c2=O)c(F)cc1C(=O)Nc1ccccc1F)c1ccccc1. The van der Waals surface area contributed by atoms with Gasteiger partial charge in [0, 0.05) is 12.3 Å². The third-order valence-corrected chi connectivity index (χ3v) is 5.64. The number of nitrogens with zero attached hydrogens (tertiary/aromatic N) is 3. The van der Waals surface area contributed by atoms with E-state index in [1.165, 1.54) is 34.9 Å². The van der Waals surface area contributed by atoms with Crippen LogP contribution in [0.25, 0.3) is 11.3 Å². The van der Waals surface area contributed by atoms with Crippen LogP contribution in [0.2, 0.25) is 0 Å². The number of carbonyl (C=O) groups is 1. The molecular weight excluding hydrogens is 466 g/mol. The number of nitrogens with one attached hydrogen (secondary N) is 1. The standard InChI is InChI=1S/C27H20F2N4O3/c1-17(18-9-3-2-4-10-18)36-24-16-23(33-27(35)32-14-8-7-13-25(32)31-33)21(29)15-19(24)26(34)30-22-12-6-5-11-20(22)28/h2-17H,1H3,(H,30,34)/t17-/m0/s1. The molecule has 2 aromatic heterocycles. The van der Waals surface area contributed by atoms with Gasteiger partial charge in [0.25, 0.3) is 5.91 Å². The molecule has 0 aliphatic rings. The Hall–Kier alpha value is -4.79. The third-order valence-electron chi connectivity index (χ3n) is 5.64. The molecule has 0 saturated carbocycles. The van der Waals surface area contributed by atoms with Crippen molar-refractivity contribution in [2.75, 3.05) is 5.32 Å². The molecule has 5 rings (SSSR count). The van der Waals surface area contributed by atoms with Crippen LogP contribution in [0, 0.1) is 11.6 Å². The van der Waals surface area contributed by atoms with Crippen molar-refractivity contribution in [3.8, 4) is 11.4 Å². The van der Waals surface area contributed by atoms with Crippen molar-refractivity contribution in [3.63, 3.8) is 0 Å². The molecule has 1 atom stereocenters. The lowest BCUT2D eigenvalue weighted by Crippen LogP contribution is -2.22. The second-order valence-corrected chi connectivity index (χ2v) is 8.03. The summed E-state index contributed by atoms with van der Waals surface area (Å²) in [6.07, 6.45) is 0.992. The van der Waals surface area contributed by atoms with Gasteiger partial charge in [-0.1, -0.05) is 48.5 Å². The number of ether oxygens (including phenoxy) is 1.